The Morgan fingerprint density at radius 3 is 2.48 bits per heavy atom. The van der Waals surface area contributed by atoms with Crippen LogP contribution in [0.25, 0.3) is 16.5 Å². The van der Waals surface area contributed by atoms with Gasteiger partial charge in [0.05, 0.1) is 11.1 Å². The highest BCUT2D eigenvalue weighted by Crippen LogP contribution is 2.30. The van der Waals surface area contributed by atoms with Crippen molar-refractivity contribution in [2.45, 2.75) is 12.8 Å². The van der Waals surface area contributed by atoms with Crippen LogP contribution in [-0.4, -0.2) is 52.8 Å². The number of H-pyrrole nitrogens is 1. The molecule has 0 spiro atoms. The highest BCUT2D eigenvalue weighted by molar-refractivity contribution is 6.21. The van der Waals surface area contributed by atoms with Gasteiger partial charge in [0.2, 0.25) is 0 Å². The van der Waals surface area contributed by atoms with Gasteiger partial charge >= 0.3 is 0 Å². The molecule has 31 heavy (non-hydrogen) atoms. The maximum atomic E-state index is 13.6. The van der Waals surface area contributed by atoms with Crippen LogP contribution >= 0.6 is 0 Å². The first-order valence-corrected chi connectivity index (χ1v) is 10.4. The third-order valence-electron chi connectivity index (χ3n) is 6.07. The minimum Gasteiger partial charge on any atom is -0.361 e. The minimum absolute atomic E-state index is 0.144. The number of fused-ring (bicyclic) bond motifs is 2. The van der Waals surface area contributed by atoms with Crippen molar-refractivity contribution < 1.29 is 18.4 Å². The Kier molecular flexibility index (Phi) is 4.90. The lowest BCUT2D eigenvalue weighted by Gasteiger charge is -2.27. The molecule has 2 amide bonds. The van der Waals surface area contributed by atoms with Crippen molar-refractivity contribution in [2.24, 2.45) is 0 Å². The number of hydrogen-bond acceptors (Lipinski definition) is 3. The average molecular weight is 421 g/mol. The molecule has 3 heterocycles. The summed E-state index contributed by atoms with van der Waals surface area (Å²) in [6, 6.07) is 8.46. The molecule has 158 valence electrons. The van der Waals surface area contributed by atoms with Crippen LogP contribution in [0.4, 0.5) is 8.78 Å². The van der Waals surface area contributed by atoms with Gasteiger partial charge in [-0.3, -0.25) is 19.4 Å². The van der Waals surface area contributed by atoms with E-state index >= 15 is 0 Å². The van der Waals surface area contributed by atoms with Crippen molar-refractivity contribution in [3.8, 4) is 0 Å². The number of aromatic amines is 1. The summed E-state index contributed by atoms with van der Waals surface area (Å²) in [4.78, 5) is 31.5. The topological polar surface area (TPSA) is 56.4 Å². The molecule has 0 radical (unpaired) electrons. The molecule has 5 rings (SSSR count). The first kappa shape index (κ1) is 19.6. The number of carbonyl (C=O) groups excluding carboxylic acids is 2. The smallest absolute Gasteiger partial charge is 0.261 e. The summed E-state index contributed by atoms with van der Waals surface area (Å²) in [5, 5.41) is 0.891. The summed E-state index contributed by atoms with van der Waals surface area (Å²) in [6.45, 7) is 2.66. The molecule has 5 nitrogen and oxygen atoms in total. The van der Waals surface area contributed by atoms with Crippen LogP contribution in [0, 0.1) is 11.6 Å². The lowest BCUT2D eigenvalue weighted by molar-refractivity contribution is 0.0647. The van der Waals surface area contributed by atoms with E-state index in [1.165, 1.54) is 28.7 Å². The van der Waals surface area contributed by atoms with Crippen molar-refractivity contribution in [1.29, 1.82) is 0 Å². The average Bonchev–Trinajstić information content (AvgIpc) is 3.28. The molecule has 0 saturated carbocycles. The molecule has 0 saturated heterocycles. The van der Waals surface area contributed by atoms with Crippen molar-refractivity contribution in [3.05, 3.63) is 77.0 Å². The molecule has 0 atom stereocenters. The number of rotatable bonds is 5. The molecule has 0 bridgehead atoms. The van der Waals surface area contributed by atoms with Gasteiger partial charge in [-0.25, -0.2) is 8.78 Å². The van der Waals surface area contributed by atoms with Crippen LogP contribution in [-0.2, 0) is 0 Å². The van der Waals surface area contributed by atoms with Crippen molar-refractivity contribution in [1.82, 2.24) is 14.8 Å². The molecule has 2 aliphatic rings. The van der Waals surface area contributed by atoms with Crippen LogP contribution in [0.15, 0.2) is 48.7 Å². The van der Waals surface area contributed by atoms with Gasteiger partial charge in [0, 0.05) is 48.8 Å². The van der Waals surface area contributed by atoms with E-state index in [2.05, 4.69) is 16.0 Å². The number of aromatic nitrogens is 1. The summed E-state index contributed by atoms with van der Waals surface area (Å²) in [6.07, 6.45) is 5.57. The van der Waals surface area contributed by atoms with Crippen molar-refractivity contribution in [3.63, 3.8) is 0 Å². The van der Waals surface area contributed by atoms with Crippen molar-refractivity contribution >= 4 is 28.3 Å². The second kappa shape index (κ2) is 7.74. The third-order valence-corrected chi connectivity index (χ3v) is 6.07. The summed E-state index contributed by atoms with van der Waals surface area (Å²) in [5.41, 5.74) is 3.56. The molecular weight excluding hydrogens is 400 g/mol. The highest BCUT2D eigenvalue weighted by Gasteiger charge is 2.35. The fraction of sp³-hybridized carbons (Fsp3) is 0.250. The summed E-state index contributed by atoms with van der Waals surface area (Å²) in [5.74, 6) is -1.54. The lowest BCUT2D eigenvalue weighted by atomic mass is 9.99. The van der Waals surface area contributed by atoms with Crippen LogP contribution in [0.3, 0.4) is 0 Å². The molecule has 0 aliphatic carbocycles. The van der Waals surface area contributed by atoms with E-state index in [0.717, 1.165) is 48.6 Å². The SMILES string of the molecule is O=C1c2ccc(F)cc2C(=O)N1CCCN1CC=C(c2c[nH]c3ccc(F)cc23)CC1. The summed E-state index contributed by atoms with van der Waals surface area (Å²) in [7, 11) is 0. The number of hydrogen-bond donors (Lipinski definition) is 1. The Morgan fingerprint density at radius 2 is 1.68 bits per heavy atom. The number of nitrogens with one attached hydrogen (secondary N) is 1. The highest BCUT2D eigenvalue weighted by atomic mass is 19.1. The van der Waals surface area contributed by atoms with Gasteiger partial charge in [0.25, 0.3) is 11.8 Å². The van der Waals surface area contributed by atoms with E-state index in [1.807, 2.05) is 6.20 Å². The van der Waals surface area contributed by atoms with Crippen LogP contribution in [0.2, 0.25) is 0 Å². The number of benzene rings is 2. The predicted octanol–water partition coefficient (Wildman–Crippen LogP) is 4.22. The van der Waals surface area contributed by atoms with Crippen LogP contribution < -0.4 is 0 Å². The van der Waals surface area contributed by atoms with Crippen molar-refractivity contribution in [2.75, 3.05) is 26.2 Å². The molecule has 2 aliphatic heterocycles. The van der Waals surface area contributed by atoms with Gasteiger partial charge in [0.1, 0.15) is 11.6 Å². The fourth-order valence-electron chi connectivity index (χ4n) is 4.44. The van der Waals surface area contributed by atoms with Gasteiger partial charge in [-0.05, 0) is 54.8 Å². The maximum absolute atomic E-state index is 13.6. The monoisotopic (exact) mass is 421 g/mol. The molecule has 0 fully saturated rings. The minimum atomic E-state index is -0.518. The zero-order valence-electron chi connectivity index (χ0n) is 16.8. The maximum Gasteiger partial charge on any atom is 0.261 e. The number of imide groups is 1. The number of nitrogens with zero attached hydrogens (tertiary/aromatic N) is 2. The molecule has 2 aromatic carbocycles. The van der Waals surface area contributed by atoms with E-state index < -0.39 is 11.7 Å². The molecule has 7 heteroatoms. The fourth-order valence-corrected chi connectivity index (χ4v) is 4.44. The Labute approximate surface area is 178 Å². The standard InChI is InChI=1S/C24H21F2N3O2/c25-16-2-4-18-20(13-16)24(31)29(23(18)30)9-1-8-28-10-6-15(7-11-28)21-14-27-22-5-3-17(26)12-19(21)22/h2-6,12-14,27H,1,7-11H2. The van der Waals surface area contributed by atoms with Gasteiger partial charge in [0.15, 0.2) is 0 Å². The van der Waals surface area contributed by atoms with E-state index in [9.17, 15) is 18.4 Å². The zero-order chi connectivity index (χ0) is 21.5. The largest absolute Gasteiger partial charge is 0.361 e. The van der Waals surface area contributed by atoms with Gasteiger partial charge < -0.3 is 4.98 Å². The normalized spacial score (nSPS) is 16.8. The third kappa shape index (κ3) is 3.55. The Bertz CT molecular complexity index is 1230. The molecule has 0 unspecified atom stereocenters. The quantitative estimate of drug-likeness (QED) is 0.628. The predicted molar refractivity (Wildman–Crippen MR) is 114 cm³/mol. The summed E-state index contributed by atoms with van der Waals surface area (Å²) < 4.78 is 27.0. The molecule has 3 aromatic rings. The van der Waals surface area contributed by atoms with E-state index in [0.29, 0.717) is 13.0 Å². The van der Waals surface area contributed by atoms with E-state index in [1.54, 1.807) is 12.1 Å². The molecular formula is C24H21F2N3O2. The lowest BCUT2D eigenvalue weighted by Crippen LogP contribution is -2.35. The Balaban J connectivity index is 1.19. The molecule has 1 aromatic heterocycles. The number of carbonyl (C=O) groups is 2. The van der Waals surface area contributed by atoms with Crippen LogP contribution in [0.1, 0.15) is 39.1 Å². The number of amides is 2. The second-order valence-electron chi connectivity index (χ2n) is 7.98. The number of halogens is 2. The van der Waals surface area contributed by atoms with E-state index in [-0.39, 0.29) is 22.9 Å². The first-order chi connectivity index (χ1) is 15.0. The first-order valence-electron chi connectivity index (χ1n) is 10.4. The Morgan fingerprint density at radius 1 is 0.903 bits per heavy atom. The van der Waals surface area contributed by atoms with Gasteiger partial charge in [-0.2, -0.15) is 0 Å². The van der Waals surface area contributed by atoms with Crippen LogP contribution in [0.5, 0.6) is 0 Å². The molecule has 1 N–H and O–H groups in total. The Hall–Kier alpha value is -3.32. The second-order valence-corrected chi connectivity index (χ2v) is 7.98. The van der Waals surface area contributed by atoms with Gasteiger partial charge in [-0.1, -0.05) is 6.08 Å². The van der Waals surface area contributed by atoms with Gasteiger partial charge in [-0.15, -0.1) is 0 Å². The summed E-state index contributed by atoms with van der Waals surface area (Å²) >= 11 is 0. The van der Waals surface area contributed by atoms with E-state index in [4.69, 9.17) is 0 Å². The zero-order valence-corrected chi connectivity index (χ0v) is 16.8.